The Labute approximate surface area is 148 Å². The van der Waals surface area contributed by atoms with E-state index in [0.29, 0.717) is 11.3 Å². The Morgan fingerprint density at radius 3 is 2.19 bits per heavy atom. The molecule has 26 heavy (non-hydrogen) atoms. The van der Waals surface area contributed by atoms with Crippen LogP contribution in [0.25, 0.3) is 5.76 Å². The highest BCUT2D eigenvalue weighted by Gasteiger charge is 2.14. The van der Waals surface area contributed by atoms with E-state index in [1.165, 1.54) is 36.4 Å². The Morgan fingerprint density at radius 2 is 1.62 bits per heavy atom. The summed E-state index contributed by atoms with van der Waals surface area (Å²) in [6.45, 7) is 1.93. The largest absolute Gasteiger partial charge is 0.507 e. The number of aliphatic hydroxyl groups excluding tert-OH is 1. The van der Waals surface area contributed by atoms with Gasteiger partial charge in [-0.2, -0.15) is 0 Å². The van der Waals surface area contributed by atoms with Crippen molar-refractivity contribution in [1.82, 2.24) is 0 Å². The molecule has 134 valence electrons. The van der Waals surface area contributed by atoms with E-state index in [9.17, 15) is 23.9 Å². The fourth-order valence-corrected chi connectivity index (χ4v) is 1.99. The lowest BCUT2D eigenvalue weighted by Gasteiger charge is -2.05. The summed E-state index contributed by atoms with van der Waals surface area (Å²) < 4.78 is 17.7. The van der Waals surface area contributed by atoms with Crippen LogP contribution in [0, 0.1) is 5.82 Å². The van der Waals surface area contributed by atoms with E-state index >= 15 is 0 Å². The lowest BCUT2D eigenvalue weighted by molar-refractivity contribution is -0.131. The van der Waals surface area contributed by atoms with Gasteiger partial charge in [-0.05, 0) is 55.5 Å². The first-order valence-electron chi connectivity index (χ1n) is 7.69. The first-order valence-corrected chi connectivity index (χ1v) is 7.69. The molecule has 6 nitrogen and oxygen atoms in total. The van der Waals surface area contributed by atoms with Crippen LogP contribution in [-0.2, 0) is 14.3 Å². The second-order valence-electron chi connectivity index (χ2n) is 5.15. The quantitative estimate of drug-likeness (QED) is 0.359. The molecular weight excluding hydrogens is 341 g/mol. The molecule has 0 radical (unpaired) electrons. The Balaban J connectivity index is 2.02. The van der Waals surface area contributed by atoms with Gasteiger partial charge in [-0.3, -0.25) is 9.59 Å². The van der Waals surface area contributed by atoms with Crippen molar-refractivity contribution in [1.29, 1.82) is 0 Å². The number of hydrogen-bond donors (Lipinski definition) is 2. The van der Waals surface area contributed by atoms with E-state index in [1.807, 2.05) is 0 Å². The number of hydrogen-bond acceptors (Lipinski definition) is 5. The molecule has 0 fully saturated rings. The third-order valence-corrected chi connectivity index (χ3v) is 3.29. The lowest BCUT2D eigenvalue weighted by Crippen LogP contribution is -2.21. The number of halogens is 1. The topological polar surface area (TPSA) is 92.7 Å². The van der Waals surface area contributed by atoms with E-state index in [2.05, 4.69) is 5.32 Å². The van der Waals surface area contributed by atoms with E-state index in [4.69, 9.17) is 4.74 Å². The summed E-state index contributed by atoms with van der Waals surface area (Å²) in [5.41, 5.74) is 0.808. The van der Waals surface area contributed by atoms with Gasteiger partial charge < -0.3 is 15.2 Å². The second-order valence-corrected chi connectivity index (χ2v) is 5.15. The number of carbonyl (C=O) groups is 3. The second kappa shape index (κ2) is 8.57. The van der Waals surface area contributed by atoms with E-state index < -0.39 is 29.2 Å². The average molecular weight is 357 g/mol. The molecule has 7 heteroatoms. The fraction of sp³-hybridized carbons (Fsp3) is 0.105. The summed E-state index contributed by atoms with van der Waals surface area (Å²) in [6, 6.07) is 10.6. The van der Waals surface area contributed by atoms with Gasteiger partial charge in [-0.1, -0.05) is 0 Å². The van der Waals surface area contributed by atoms with Gasteiger partial charge in [0.15, 0.2) is 0 Å². The normalized spacial score (nSPS) is 10.9. The van der Waals surface area contributed by atoms with Gasteiger partial charge in [0.2, 0.25) is 5.78 Å². The smallest absolute Gasteiger partial charge is 0.338 e. The van der Waals surface area contributed by atoms with Crippen LogP contribution in [0.3, 0.4) is 0 Å². The van der Waals surface area contributed by atoms with Gasteiger partial charge in [0.1, 0.15) is 11.6 Å². The minimum absolute atomic E-state index is 0.200. The summed E-state index contributed by atoms with van der Waals surface area (Å²) >= 11 is 0. The van der Waals surface area contributed by atoms with Crippen molar-refractivity contribution in [2.24, 2.45) is 0 Å². The monoisotopic (exact) mass is 357 g/mol. The zero-order valence-electron chi connectivity index (χ0n) is 13.9. The molecule has 2 rings (SSSR count). The van der Waals surface area contributed by atoms with E-state index in [0.717, 1.165) is 18.2 Å². The Bertz CT molecular complexity index is 841. The van der Waals surface area contributed by atoms with Gasteiger partial charge in [0.05, 0.1) is 12.2 Å². The Morgan fingerprint density at radius 1 is 1.04 bits per heavy atom. The van der Waals surface area contributed by atoms with Gasteiger partial charge in [0, 0.05) is 17.3 Å². The zero-order valence-corrected chi connectivity index (χ0v) is 13.9. The minimum atomic E-state index is -0.985. The number of ketones is 1. The van der Waals surface area contributed by atoms with Crippen LogP contribution < -0.4 is 5.32 Å². The van der Waals surface area contributed by atoms with Crippen molar-refractivity contribution in [3.8, 4) is 0 Å². The molecule has 0 atom stereocenters. The van der Waals surface area contributed by atoms with Gasteiger partial charge in [-0.25, -0.2) is 9.18 Å². The summed E-state index contributed by atoms with van der Waals surface area (Å²) in [6.07, 6.45) is 0.746. The van der Waals surface area contributed by atoms with Crippen LogP contribution in [0.5, 0.6) is 0 Å². The molecule has 0 aliphatic carbocycles. The molecule has 0 saturated carbocycles. The van der Waals surface area contributed by atoms with Gasteiger partial charge in [0.25, 0.3) is 5.91 Å². The number of benzene rings is 2. The lowest BCUT2D eigenvalue weighted by atomic mass is 10.1. The average Bonchev–Trinajstić information content (AvgIpc) is 2.63. The fourth-order valence-electron chi connectivity index (χ4n) is 1.99. The third-order valence-electron chi connectivity index (χ3n) is 3.29. The van der Waals surface area contributed by atoms with Crippen molar-refractivity contribution in [3.05, 3.63) is 71.6 Å². The van der Waals surface area contributed by atoms with Crippen LogP contribution in [-0.4, -0.2) is 29.4 Å². The maximum absolute atomic E-state index is 12.8. The van der Waals surface area contributed by atoms with E-state index in [1.54, 1.807) is 6.92 Å². The van der Waals surface area contributed by atoms with Crippen molar-refractivity contribution < 1.29 is 28.6 Å². The summed E-state index contributed by atoms with van der Waals surface area (Å²) in [7, 11) is 0. The minimum Gasteiger partial charge on any atom is -0.507 e. The third kappa shape index (κ3) is 5.01. The molecule has 0 heterocycles. The van der Waals surface area contributed by atoms with Crippen molar-refractivity contribution >= 4 is 29.1 Å². The van der Waals surface area contributed by atoms with Crippen LogP contribution in [0.15, 0.2) is 54.6 Å². The molecule has 0 spiro atoms. The van der Waals surface area contributed by atoms with Crippen molar-refractivity contribution in [2.45, 2.75) is 6.92 Å². The number of ether oxygens (including phenoxy) is 1. The molecular formula is C19H16FNO5. The van der Waals surface area contributed by atoms with Gasteiger partial charge in [-0.15, -0.1) is 0 Å². The number of anilines is 1. The highest BCUT2D eigenvalue weighted by molar-refractivity contribution is 6.45. The SMILES string of the molecule is CCOC(=O)c1ccc(NC(=O)C(=O)/C=C(\O)c2ccc(F)cc2)cc1. The van der Waals surface area contributed by atoms with E-state index in [-0.39, 0.29) is 12.2 Å². The first kappa shape index (κ1) is 18.9. The molecule has 2 aromatic carbocycles. The summed E-state index contributed by atoms with van der Waals surface area (Å²) in [5, 5.41) is 12.2. The first-order chi connectivity index (χ1) is 12.4. The highest BCUT2D eigenvalue weighted by Crippen LogP contribution is 2.13. The number of nitrogens with one attached hydrogen (secondary N) is 1. The molecule has 0 aromatic heterocycles. The Hall–Kier alpha value is -3.48. The molecule has 2 N–H and O–H groups in total. The maximum atomic E-state index is 12.8. The molecule has 0 aliphatic rings. The molecule has 0 unspecified atom stereocenters. The number of aliphatic hydroxyl groups is 1. The molecule has 0 bridgehead atoms. The maximum Gasteiger partial charge on any atom is 0.338 e. The summed E-state index contributed by atoms with van der Waals surface area (Å²) in [5.74, 6) is -3.39. The van der Waals surface area contributed by atoms with Gasteiger partial charge >= 0.3 is 5.97 Å². The molecule has 0 aliphatic heterocycles. The molecule has 0 saturated heterocycles. The Kier molecular flexibility index (Phi) is 6.21. The van der Waals surface area contributed by atoms with Crippen LogP contribution in [0.1, 0.15) is 22.8 Å². The van der Waals surface area contributed by atoms with Crippen LogP contribution >= 0.6 is 0 Å². The highest BCUT2D eigenvalue weighted by atomic mass is 19.1. The number of amides is 1. The number of rotatable bonds is 6. The molecule has 1 amide bonds. The predicted octanol–water partition coefficient (Wildman–Crippen LogP) is 3.11. The number of carbonyl (C=O) groups excluding carboxylic acids is 3. The van der Waals surface area contributed by atoms with Crippen molar-refractivity contribution in [2.75, 3.05) is 11.9 Å². The summed E-state index contributed by atoms with van der Waals surface area (Å²) in [4.78, 5) is 35.3. The number of esters is 1. The van der Waals surface area contributed by atoms with Crippen LogP contribution in [0.4, 0.5) is 10.1 Å². The predicted molar refractivity (Wildman–Crippen MR) is 93.0 cm³/mol. The standard InChI is InChI=1S/C19H16FNO5/c1-2-26-19(25)13-5-9-15(10-6-13)21-18(24)17(23)11-16(22)12-3-7-14(20)8-4-12/h3-11,22H,2H2,1H3,(H,21,24)/b16-11-. The molecule has 2 aromatic rings. The van der Waals surface area contributed by atoms with Crippen LogP contribution in [0.2, 0.25) is 0 Å². The van der Waals surface area contributed by atoms with Crippen molar-refractivity contribution in [3.63, 3.8) is 0 Å². The zero-order chi connectivity index (χ0) is 19.1.